The summed E-state index contributed by atoms with van der Waals surface area (Å²) in [6.45, 7) is 15.3. The van der Waals surface area contributed by atoms with E-state index in [4.69, 9.17) is 9.15 Å². The van der Waals surface area contributed by atoms with E-state index < -0.39 is 23.5 Å². The Morgan fingerprint density at radius 1 is 1.00 bits per heavy atom. The van der Waals surface area contributed by atoms with Crippen molar-refractivity contribution >= 4 is 22.8 Å². The van der Waals surface area contributed by atoms with Gasteiger partial charge in [0.05, 0.1) is 11.5 Å². The predicted molar refractivity (Wildman–Crippen MR) is 149 cm³/mol. The van der Waals surface area contributed by atoms with Crippen LogP contribution in [0.3, 0.4) is 0 Å². The van der Waals surface area contributed by atoms with Crippen LogP contribution in [-0.4, -0.2) is 40.3 Å². The summed E-state index contributed by atoms with van der Waals surface area (Å²) in [6.07, 6.45) is 1.02. The molecule has 0 saturated carbocycles. The van der Waals surface area contributed by atoms with Crippen LogP contribution in [0.4, 0.5) is 0 Å². The monoisotopic (exact) mass is 523 g/mol. The number of hydrogen-bond acceptors (Lipinski definition) is 5. The minimum atomic E-state index is -1.38. The number of carboxylic acids is 1. The molecule has 0 saturated heterocycles. The standard InChI is InChI=1S/C31H41NO6/c1-9-31(10-2,22-12-14-23(19(3)15-22)37-18-25(33)29(4,5)6)26-17-21-16-20(11-13-24(21)38-26)27(34)32-30(7,8)28(35)36/h11-17,25,33H,9-10,18H2,1-8H3,(H,32,34)(H,35,36). The van der Waals surface area contributed by atoms with Crippen molar-refractivity contribution in [2.45, 2.75) is 85.3 Å². The fraction of sp³-hybridized carbons (Fsp3) is 0.484. The summed E-state index contributed by atoms with van der Waals surface area (Å²) in [6, 6.07) is 13.2. The highest BCUT2D eigenvalue weighted by Crippen LogP contribution is 2.42. The third kappa shape index (κ3) is 5.88. The van der Waals surface area contributed by atoms with Crippen LogP contribution in [-0.2, 0) is 10.2 Å². The van der Waals surface area contributed by atoms with Gasteiger partial charge < -0.3 is 24.7 Å². The Hall–Kier alpha value is -3.32. The molecule has 3 N–H and O–H groups in total. The molecule has 7 heteroatoms. The number of amides is 1. The van der Waals surface area contributed by atoms with Crippen LogP contribution in [0.25, 0.3) is 11.0 Å². The number of carboxylic acid groups (broad SMARTS) is 1. The molecule has 0 aliphatic carbocycles. The molecule has 2 aromatic carbocycles. The molecule has 1 unspecified atom stereocenters. The lowest BCUT2D eigenvalue weighted by atomic mass is 9.73. The highest BCUT2D eigenvalue weighted by molar-refractivity contribution is 6.00. The fourth-order valence-corrected chi connectivity index (χ4v) is 4.51. The normalized spacial score (nSPS) is 13.4. The van der Waals surface area contributed by atoms with Gasteiger partial charge in [0, 0.05) is 10.9 Å². The van der Waals surface area contributed by atoms with Gasteiger partial charge in [-0.3, -0.25) is 4.79 Å². The summed E-state index contributed by atoms with van der Waals surface area (Å²) in [5.41, 5.74) is 1.07. The molecule has 0 bridgehead atoms. The molecule has 0 radical (unpaired) electrons. The van der Waals surface area contributed by atoms with Gasteiger partial charge in [-0.25, -0.2) is 4.79 Å². The van der Waals surface area contributed by atoms with E-state index in [2.05, 4.69) is 31.3 Å². The van der Waals surface area contributed by atoms with Crippen molar-refractivity contribution in [2.75, 3.05) is 6.61 Å². The molecule has 1 atom stereocenters. The summed E-state index contributed by atoms with van der Waals surface area (Å²) < 4.78 is 12.3. The Balaban J connectivity index is 1.93. The number of furan rings is 1. The number of ether oxygens (including phenoxy) is 1. The number of benzene rings is 2. The number of nitrogens with one attached hydrogen (secondary N) is 1. The molecule has 7 nitrogen and oxygen atoms in total. The Kier molecular flexibility index (Phi) is 8.32. The molecule has 1 aromatic heterocycles. The SMILES string of the molecule is CCC(CC)(c1ccc(OCC(O)C(C)(C)C)c(C)c1)c1cc2cc(C(=O)NC(C)(C)C(=O)O)ccc2o1. The van der Waals surface area contributed by atoms with Gasteiger partial charge in [-0.2, -0.15) is 0 Å². The maximum Gasteiger partial charge on any atom is 0.328 e. The van der Waals surface area contributed by atoms with Crippen molar-refractivity contribution in [3.8, 4) is 5.75 Å². The van der Waals surface area contributed by atoms with E-state index >= 15 is 0 Å². The van der Waals surface area contributed by atoms with Crippen LogP contribution < -0.4 is 10.1 Å². The topological polar surface area (TPSA) is 109 Å². The van der Waals surface area contributed by atoms with Gasteiger partial charge >= 0.3 is 5.97 Å². The zero-order valence-electron chi connectivity index (χ0n) is 23.8. The predicted octanol–water partition coefficient (Wildman–Crippen LogP) is 6.23. The summed E-state index contributed by atoms with van der Waals surface area (Å²) >= 11 is 0. The van der Waals surface area contributed by atoms with Crippen LogP contribution >= 0.6 is 0 Å². The first kappa shape index (κ1) is 29.2. The third-order valence-electron chi connectivity index (χ3n) is 7.54. The highest BCUT2D eigenvalue weighted by atomic mass is 16.5. The van der Waals surface area contributed by atoms with Gasteiger partial charge in [0.25, 0.3) is 5.91 Å². The van der Waals surface area contributed by atoms with E-state index in [9.17, 15) is 19.8 Å². The van der Waals surface area contributed by atoms with Crippen LogP contribution in [0.5, 0.6) is 5.75 Å². The number of fused-ring (bicyclic) bond motifs is 1. The summed E-state index contributed by atoms with van der Waals surface area (Å²) in [5.74, 6) is -0.0211. The number of aliphatic carboxylic acids is 1. The van der Waals surface area contributed by atoms with Crippen LogP contribution in [0.2, 0.25) is 0 Å². The van der Waals surface area contributed by atoms with Crippen molar-refractivity contribution in [1.29, 1.82) is 0 Å². The fourth-order valence-electron chi connectivity index (χ4n) is 4.51. The lowest BCUT2D eigenvalue weighted by Crippen LogP contribution is -2.49. The smallest absolute Gasteiger partial charge is 0.328 e. The third-order valence-corrected chi connectivity index (χ3v) is 7.54. The largest absolute Gasteiger partial charge is 0.491 e. The maximum atomic E-state index is 12.7. The zero-order valence-corrected chi connectivity index (χ0v) is 23.8. The molecule has 1 heterocycles. The lowest BCUT2D eigenvalue weighted by Gasteiger charge is -2.31. The van der Waals surface area contributed by atoms with Crippen LogP contribution in [0.1, 0.15) is 88.6 Å². The van der Waals surface area contributed by atoms with Crippen molar-refractivity contribution in [2.24, 2.45) is 5.41 Å². The molecular formula is C31H41NO6. The molecule has 3 aromatic rings. The highest BCUT2D eigenvalue weighted by Gasteiger charge is 2.35. The number of carbonyl (C=O) groups is 2. The molecule has 1 amide bonds. The van der Waals surface area contributed by atoms with Gasteiger partial charge in [-0.05, 0) is 80.5 Å². The first-order valence-corrected chi connectivity index (χ1v) is 13.2. The first-order valence-electron chi connectivity index (χ1n) is 13.2. The minimum absolute atomic E-state index is 0.222. The second kappa shape index (κ2) is 10.8. The molecule has 38 heavy (non-hydrogen) atoms. The van der Waals surface area contributed by atoms with E-state index in [1.54, 1.807) is 18.2 Å². The Morgan fingerprint density at radius 2 is 1.66 bits per heavy atom. The van der Waals surface area contributed by atoms with Gasteiger partial charge in [-0.15, -0.1) is 0 Å². The summed E-state index contributed by atoms with van der Waals surface area (Å²) in [5, 5.41) is 23.0. The number of hydrogen-bond donors (Lipinski definition) is 3. The van der Waals surface area contributed by atoms with E-state index in [1.807, 2.05) is 39.8 Å². The molecule has 0 spiro atoms. The summed E-state index contributed by atoms with van der Waals surface area (Å²) in [4.78, 5) is 24.1. The first-order chi connectivity index (χ1) is 17.6. The zero-order chi connectivity index (χ0) is 28.5. The number of rotatable bonds is 10. The minimum Gasteiger partial charge on any atom is -0.491 e. The average molecular weight is 524 g/mol. The van der Waals surface area contributed by atoms with Crippen molar-refractivity contribution in [3.63, 3.8) is 0 Å². The second-order valence-corrected chi connectivity index (χ2v) is 11.7. The van der Waals surface area contributed by atoms with Crippen LogP contribution in [0.15, 0.2) is 46.9 Å². The number of aliphatic hydroxyl groups is 1. The van der Waals surface area contributed by atoms with Crippen molar-refractivity contribution in [3.05, 3.63) is 64.9 Å². The Bertz CT molecular complexity index is 1310. The van der Waals surface area contributed by atoms with Gasteiger partial charge in [0.2, 0.25) is 0 Å². The molecule has 0 fully saturated rings. The van der Waals surface area contributed by atoms with Crippen LogP contribution in [0, 0.1) is 12.3 Å². The van der Waals surface area contributed by atoms with E-state index in [-0.39, 0.29) is 17.4 Å². The number of aryl methyl sites for hydroxylation is 1. The van der Waals surface area contributed by atoms with Gasteiger partial charge in [0.15, 0.2) is 0 Å². The molecular weight excluding hydrogens is 482 g/mol. The molecule has 0 aliphatic rings. The Morgan fingerprint density at radius 3 is 2.21 bits per heavy atom. The number of carbonyl (C=O) groups excluding carboxylic acids is 1. The summed E-state index contributed by atoms with van der Waals surface area (Å²) in [7, 11) is 0. The average Bonchev–Trinajstić information content (AvgIpc) is 3.27. The van der Waals surface area contributed by atoms with Crippen molar-refractivity contribution < 1.29 is 29.0 Å². The van der Waals surface area contributed by atoms with E-state index in [0.29, 0.717) is 11.1 Å². The second-order valence-electron chi connectivity index (χ2n) is 11.7. The molecule has 3 rings (SSSR count). The molecule has 0 aliphatic heterocycles. The Labute approximate surface area is 225 Å². The molecule has 206 valence electrons. The van der Waals surface area contributed by atoms with Gasteiger partial charge in [0.1, 0.15) is 29.2 Å². The maximum absolute atomic E-state index is 12.7. The van der Waals surface area contributed by atoms with Crippen molar-refractivity contribution in [1.82, 2.24) is 5.32 Å². The van der Waals surface area contributed by atoms with E-state index in [1.165, 1.54) is 13.8 Å². The quantitative estimate of drug-likeness (QED) is 0.291. The van der Waals surface area contributed by atoms with Gasteiger partial charge in [-0.1, -0.05) is 46.8 Å². The number of aliphatic hydroxyl groups excluding tert-OH is 1. The van der Waals surface area contributed by atoms with E-state index in [0.717, 1.165) is 40.9 Å². The lowest BCUT2D eigenvalue weighted by molar-refractivity contribution is -0.143.